The Balaban J connectivity index is 1.92. The second-order valence-corrected chi connectivity index (χ2v) is 7.24. The van der Waals surface area contributed by atoms with Crippen molar-refractivity contribution in [3.63, 3.8) is 0 Å². The topological polar surface area (TPSA) is 72.7 Å². The standard InChI is InChI=1S/C19H28N2O4/c1-14(2)20(12-16-7-9-17(10-8-16)21(23)24)19(22)13-25-18-6-4-5-15(3)11-18/h7-10,14-15,18H,4-6,11-13H2,1-3H3. The van der Waals surface area contributed by atoms with Crippen LogP contribution in [0.1, 0.15) is 52.0 Å². The molecule has 1 aliphatic carbocycles. The Labute approximate surface area is 149 Å². The van der Waals surface area contributed by atoms with Crippen molar-refractivity contribution in [2.75, 3.05) is 6.61 Å². The number of non-ortho nitro benzene ring substituents is 1. The second kappa shape index (κ2) is 8.94. The van der Waals surface area contributed by atoms with Crippen molar-refractivity contribution >= 4 is 11.6 Å². The van der Waals surface area contributed by atoms with E-state index in [0.29, 0.717) is 12.5 Å². The number of hydrogen-bond donors (Lipinski definition) is 0. The smallest absolute Gasteiger partial charge is 0.269 e. The third kappa shape index (κ3) is 5.81. The van der Waals surface area contributed by atoms with E-state index in [9.17, 15) is 14.9 Å². The fourth-order valence-corrected chi connectivity index (χ4v) is 3.28. The van der Waals surface area contributed by atoms with E-state index >= 15 is 0 Å². The lowest BCUT2D eigenvalue weighted by Crippen LogP contribution is -2.39. The van der Waals surface area contributed by atoms with Gasteiger partial charge in [0.05, 0.1) is 11.0 Å². The lowest BCUT2D eigenvalue weighted by atomic mass is 9.89. The first-order valence-electron chi connectivity index (χ1n) is 9.01. The van der Waals surface area contributed by atoms with Gasteiger partial charge in [0.1, 0.15) is 6.61 Å². The van der Waals surface area contributed by atoms with Crippen molar-refractivity contribution in [3.8, 4) is 0 Å². The fraction of sp³-hybridized carbons (Fsp3) is 0.632. The minimum atomic E-state index is -0.422. The molecular formula is C19H28N2O4. The number of rotatable bonds is 7. The maximum atomic E-state index is 12.6. The van der Waals surface area contributed by atoms with Crippen LogP contribution in [0.15, 0.2) is 24.3 Å². The van der Waals surface area contributed by atoms with E-state index in [2.05, 4.69) is 6.92 Å². The molecule has 6 heteroatoms. The Morgan fingerprint density at radius 3 is 2.56 bits per heavy atom. The zero-order valence-electron chi connectivity index (χ0n) is 15.3. The van der Waals surface area contributed by atoms with E-state index < -0.39 is 4.92 Å². The predicted octanol–water partition coefficient (Wildman–Crippen LogP) is 3.93. The van der Waals surface area contributed by atoms with Crippen LogP contribution < -0.4 is 0 Å². The lowest BCUT2D eigenvalue weighted by molar-refractivity contribution is -0.384. The third-order valence-electron chi connectivity index (χ3n) is 4.77. The van der Waals surface area contributed by atoms with Gasteiger partial charge in [-0.15, -0.1) is 0 Å². The van der Waals surface area contributed by atoms with Gasteiger partial charge in [-0.25, -0.2) is 0 Å². The van der Waals surface area contributed by atoms with Gasteiger partial charge in [-0.1, -0.05) is 31.9 Å². The van der Waals surface area contributed by atoms with Crippen LogP contribution in [0.2, 0.25) is 0 Å². The summed E-state index contributed by atoms with van der Waals surface area (Å²) in [6.07, 6.45) is 4.64. The normalized spacial score (nSPS) is 20.5. The molecule has 6 nitrogen and oxygen atoms in total. The second-order valence-electron chi connectivity index (χ2n) is 7.24. The largest absolute Gasteiger partial charge is 0.368 e. The van der Waals surface area contributed by atoms with Gasteiger partial charge in [-0.05, 0) is 38.2 Å². The van der Waals surface area contributed by atoms with E-state index in [1.54, 1.807) is 17.0 Å². The van der Waals surface area contributed by atoms with Crippen molar-refractivity contribution in [1.82, 2.24) is 4.90 Å². The first-order chi connectivity index (χ1) is 11.9. The average Bonchev–Trinajstić information content (AvgIpc) is 2.57. The molecule has 2 rings (SSSR count). The van der Waals surface area contributed by atoms with E-state index in [0.717, 1.165) is 24.8 Å². The maximum absolute atomic E-state index is 12.6. The Bertz CT molecular complexity index is 586. The number of carbonyl (C=O) groups is 1. The van der Waals surface area contributed by atoms with Crippen molar-refractivity contribution < 1.29 is 14.5 Å². The summed E-state index contributed by atoms with van der Waals surface area (Å²) >= 11 is 0. The van der Waals surface area contributed by atoms with Crippen LogP contribution in [0.3, 0.4) is 0 Å². The highest BCUT2D eigenvalue weighted by atomic mass is 16.6. The third-order valence-corrected chi connectivity index (χ3v) is 4.77. The maximum Gasteiger partial charge on any atom is 0.269 e. The van der Waals surface area contributed by atoms with Crippen molar-refractivity contribution in [2.24, 2.45) is 5.92 Å². The number of nitro groups is 1. The van der Waals surface area contributed by atoms with Gasteiger partial charge in [-0.3, -0.25) is 14.9 Å². The van der Waals surface area contributed by atoms with Gasteiger partial charge in [-0.2, -0.15) is 0 Å². The summed E-state index contributed by atoms with van der Waals surface area (Å²) in [6, 6.07) is 6.38. The molecule has 0 spiro atoms. The van der Waals surface area contributed by atoms with Gasteiger partial charge >= 0.3 is 0 Å². The Morgan fingerprint density at radius 1 is 1.32 bits per heavy atom. The Hall–Kier alpha value is -1.95. The molecule has 2 atom stereocenters. The number of amides is 1. The summed E-state index contributed by atoms with van der Waals surface area (Å²) in [5.41, 5.74) is 0.930. The Morgan fingerprint density at radius 2 is 2.00 bits per heavy atom. The lowest BCUT2D eigenvalue weighted by Gasteiger charge is -2.30. The molecule has 138 valence electrons. The molecule has 1 aromatic rings. The quantitative estimate of drug-likeness (QED) is 0.553. The average molecular weight is 348 g/mol. The molecule has 1 aromatic carbocycles. The number of nitro benzene ring substituents is 1. The molecule has 0 heterocycles. The monoisotopic (exact) mass is 348 g/mol. The van der Waals surface area contributed by atoms with E-state index in [4.69, 9.17) is 4.74 Å². The molecule has 2 unspecified atom stereocenters. The molecule has 1 aliphatic rings. The summed E-state index contributed by atoms with van der Waals surface area (Å²) < 4.78 is 5.85. The first kappa shape index (κ1) is 19.4. The molecule has 25 heavy (non-hydrogen) atoms. The van der Waals surface area contributed by atoms with Gasteiger partial charge in [0.15, 0.2) is 0 Å². The van der Waals surface area contributed by atoms with Crippen LogP contribution in [0.5, 0.6) is 0 Å². The summed E-state index contributed by atoms with van der Waals surface area (Å²) in [5, 5.41) is 10.7. The zero-order valence-corrected chi connectivity index (χ0v) is 15.3. The summed E-state index contributed by atoms with van der Waals surface area (Å²) in [6.45, 7) is 6.69. The molecule has 0 aliphatic heterocycles. The molecule has 0 saturated heterocycles. The molecule has 0 aromatic heterocycles. The minimum Gasteiger partial charge on any atom is -0.368 e. The minimum absolute atomic E-state index is 0.0356. The molecule has 0 N–H and O–H groups in total. The van der Waals surface area contributed by atoms with Crippen molar-refractivity contribution in [2.45, 2.75) is 65.1 Å². The van der Waals surface area contributed by atoms with E-state index in [-0.39, 0.29) is 30.3 Å². The van der Waals surface area contributed by atoms with E-state index in [1.165, 1.54) is 18.6 Å². The van der Waals surface area contributed by atoms with Gasteiger partial charge in [0.2, 0.25) is 5.91 Å². The fourth-order valence-electron chi connectivity index (χ4n) is 3.28. The summed E-state index contributed by atoms with van der Waals surface area (Å²) in [5.74, 6) is 0.627. The molecule has 1 amide bonds. The zero-order chi connectivity index (χ0) is 18.4. The highest BCUT2D eigenvalue weighted by Gasteiger charge is 2.23. The molecule has 1 fully saturated rings. The number of hydrogen-bond acceptors (Lipinski definition) is 4. The number of carbonyl (C=O) groups excluding carboxylic acids is 1. The predicted molar refractivity (Wildman–Crippen MR) is 96.2 cm³/mol. The van der Waals surface area contributed by atoms with Crippen LogP contribution in [-0.4, -0.2) is 34.5 Å². The molecular weight excluding hydrogens is 320 g/mol. The van der Waals surface area contributed by atoms with Crippen LogP contribution >= 0.6 is 0 Å². The van der Waals surface area contributed by atoms with Crippen LogP contribution in [0, 0.1) is 16.0 Å². The van der Waals surface area contributed by atoms with Gasteiger partial charge < -0.3 is 9.64 Å². The molecule has 1 saturated carbocycles. The van der Waals surface area contributed by atoms with Crippen LogP contribution in [0.4, 0.5) is 5.69 Å². The van der Waals surface area contributed by atoms with E-state index in [1.807, 2.05) is 13.8 Å². The highest BCUT2D eigenvalue weighted by molar-refractivity contribution is 5.77. The highest BCUT2D eigenvalue weighted by Crippen LogP contribution is 2.25. The van der Waals surface area contributed by atoms with Crippen LogP contribution in [-0.2, 0) is 16.1 Å². The number of nitrogens with zero attached hydrogens (tertiary/aromatic N) is 2. The SMILES string of the molecule is CC1CCCC(OCC(=O)N(Cc2ccc([N+](=O)[O-])cc2)C(C)C)C1. The molecule has 0 radical (unpaired) electrons. The van der Waals surface area contributed by atoms with Gasteiger partial charge in [0.25, 0.3) is 5.69 Å². The molecule has 0 bridgehead atoms. The van der Waals surface area contributed by atoms with Gasteiger partial charge in [0, 0.05) is 24.7 Å². The Kier molecular flexibility index (Phi) is 6.93. The van der Waals surface area contributed by atoms with Crippen LogP contribution in [0.25, 0.3) is 0 Å². The van der Waals surface area contributed by atoms with Crippen molar-refractivity contribution in [3.05, 3.63) is 39.9 Å². The number of benzene rings is 1. The van der Waals surface area contributed by atoms with Crippen molar-refractivity contribution in [1.29, 1.82) is 0 Å². The summed E-state index contributed by atoms with van der Waals surface area (Å²) in [4.78, 5) is 24.6. The number of ether oxygens (including phenoxy) is 1. The summed E-state index contributed by atoms with van der Waals surface area (Å²) in [7, 11) is 0. The first-order valence-corrected chi connectivity index (χ1v) is 9.01.